The third kappa shape index (κ3) is 2.17. The van der Waals surface area contributed by atoms with Gasteiger partial charge in [-0.15, -0.1) is 0 Å². The Hall–Kier alpha value is -2.51. The Labute approximate surface area is 141 Å². The van der Waals surface area contributed by atoms with Crippen LogP contribution in [0.15, 0.2) is 23.0 Å². The molecule has 3 N–H and O–H groups in total. The first kappa shape index (κ1) is 16.4. The second-order valence-electron chi connectivity index (χ2n) is 5.81. The predicted octanol–water partition coefficient (Wildman–Crippen LogP) is -1.11. The number of nitrogen functional groups attached to an aromatic ring is 1. The lowest BCUT2D eigenvalue weighted by molar-refractivity contribution is -0.136. The number of rotatable bonds is 1. The zero-order valence-electron chi connectivity index (χ0n) is 12.8. The van der Waals surface area contributed by atoms with Gasteiger partial charge in [-0.2, -0.15) is 0 Å². The molecule has 10 heteroatoms. The van der Waals surface area contributed by atoms with Crippen LogP contribution in [0, 0.1) is 6.92 Å². The van der Waals surface area contributed by atoms with Crippen molar-refractivity contribution < 1.29 is 9.59 Å². The molecule has 1 aliphatic rings. The Morgan fingerprint density at radius 3 is 2.58 bits per heavy atom. The Balaban J connectivity index is 2.33. The molecule has 1 aromatic heterocycles. The van der Waals surface area contributed by atoms with Crippen LogP contribution >= 0.6 is 0 Å². The summed E-state index contributed by atoms with van der Waals surface area (Å²) >= 11 is 0. The first-order valence-electron chi connectivity index (χ1n) is 7.11. The van der Waals surface area contributed by atoms with Gasteiger partial charge in [0, 0.05) is 5.69 Å². The van der Waals surface area contributed by atoms with E-state index >= 15 is 0 Å². The van der Waals surface area contributed by atoms with E-state index in [0.717, 1.165) is 4.57 Å². The molecule has 1 saturated heterocycles. The SMILES string of the molecule is [B]C1C(=O)NC(=O)C(n2c(C)nc3cccc(N)c3c2=O)C1([B])[B]. The van der Waals surface area contributed by atoms with Crippen molar-refractivity contribution in [2.75, 3.05) is 5.73 Å². The Morgan fingerprint density at radius 1 is 1.25 bits per heavy atom. The molecule has 2 heterocycles. The number of nitrogens with one attached hydrogen (secondary N) is 1. The molecule has 0 saturated carbocycles. The van der Waals surface area contributed by atoms with Gasteiger partial charge in [-0.25, -0.2) is 4.98 Å². The number of imide groups is 1. The normalized spacial score (nSPS) is 23.2. The predicted molar refractivity (Wildman–Crippen MR) is 91.0 cm³/mol. The van der Waals surface area contributed by atoms with Crippen LogP contribution in [0.3, 0.4) is 0 Å². The number of aryl methyl sites for hydroxylation is 1. The van der Waals surface area contributed by atoms with Crippen molar-refractivity contribution in [2.45, 2.75) is 24.0 Å². The van der Waals surface area contributed by atoms with E-state index in [9.17, 15) is 14.4 Å². The van der Waals surface area contributed by atoms with E-state index in [2.05, 4.69) is 10.3 Å². The van der Waals surface area contributed by atoms with E-state index in [1.807, 2.05) is 0 Å². The van der Waals surface area contributed by atoms with Gasteiger partial charge in [0.2, 0.25) is 11.8 Å². The topological polar surface area (TPSA) is 107 Å². The Bertz CT molecular complexity index is 941. The van der Waals surface area contributed by atoms with Crippen molar-refractivity contribution in [1.82, 2.24) is 14.9 Å². The van der Waals surface area contributed by atoms with Gasteiger partial charge in [-0.05, 0) is 24.9 Å². The van der Waals surface area contributed by atoms with Gasteiger partial charge in [0.15, 0.2) is 0 Å². The van der Waals surface area contributed by atoms with Crippen LogP contribution in [0.2, 0.25) is 11.0 Å². The van der Waals surface area contributed by atoms with Gasteiger partial charge in [0.05, 0.1) is 34.4 Å². The summed E-state index contributed by atoms with van der Waals surface area (Å²) in [5, 5.41) is 0.240. The zero-order valence-corrected chi connectivity index (χ0v) is 12.8. The quantitative estimate of drug-likeness (QED) is 0.394. The van der Waals surface area contributed by atoms with Gasteiger partial charge in [-0.1, -0.05) is 11.3 Å². The lowest BCUT2D eigenvalue weighted by Crippen LogP contribution is -2.55. The van der Waals surface area contributed by atoms with E-state index in [-0.39, 0.29) is 16.9 Å². The minimum Gasteiger partial charge on any atom is -0.398 e. The van der Waals surface area contributed by atoms with E-state index in [4.69, 9.17) is 29.3 Å². The maximum atomic E-state index is 12.9. The maximum Gasteiger partial charge on any atom is 0.264 e. The fraction of sp³-hybridized carbons (Fsp3) is 0.286. The maximum absolute atomic E-state index is 12.9. The number of fused-ring (bicyclic) bond motifs is 1. The average molecular weight is 316 g/mol. The number of amides is 2. The smallest absolute Gasteiger partial charge is 0.264 e. The first-order valence-corrected chi connectivity index (χ1v) is 7.11. The number of aromatic nitrogens is 2. The van der Waals surface area contributed by atoms with E-state index in [0.29, 0.717) is 5.52 Å². The van der Waals surface area contributed by atoms with E-state index < -0.39 is 34.4 Å². The molecule has 0 aliphatic carbocycles. The minimum absolute atomic E-state index is 0.136. The zero-order chi connectivity index (χ0) is 17.8. The molecule has 2 atom stereocenters. The number of hydrogen-bond donors (Lipinski definition) is 2. The summed E-state index contributed by atoms with van der Waals surface area (Å²) in [6, 6.07) is 3.42. The summed E-state index contributed by atoms with van der Waals surface area (Å²) < 4.78 is 1.03. The molecule has 7 nitrogen and oxygen atoms in total. The minimum atomic E-state index is -1.97. The highest BCUT2D eigenvalue weighted by molar-refractivity contribution is 6.50. The fourth-order valence-electron chi connectivity index (χ4n) is 2.92. The Kier molecular flexibility index (Phi) is 3.58. The van der Waals surface area contributed by atoms with Crippen LogP contribution < -0.4 is 16.6 Å². The van der Waals surface area contributed by atoms with Crippen molar-refractivity contribution in [3.8, 4) is 0 Å². The molecule has 114 valence electrons. The van der Waals surface area contributed by atoms with Crippen molar-refractivity contribution >= 4 is 51.9 Å². The van der Waals surface area contributed by atoms with E-state index in [1.54, 1.807) is 18.2 Å². The van der Waals surface area contributed by atoms with Gasteiger partial charge in [0.25, 0.3) is 5.56 Å². The summed E-state index contributed by atoms with van der Waals surface area (Å²) in [5.74, 6) is -2.82. The number of nitrogens with two attached hydrogens (primary N) is 1. The van der Waals surface area contributed by atoms with Crippen molar-refractivity contribution in [1.29, 1.82) is 0 Å². The largest absolute Gasteiger partial charge is 0.398 e. The summed E-state index contributed by atoms with van der Waals surface area (Å²) in [7, 11) is 17.6. The lowest BCUT2D eigenvalue weighted by Gasteiger charge is -2.44. The van der Waals surface area contributed by atoms with Crippen LogP contribution in [-0.4, -0.2) is 44.9 Å². The average Bonchev–Trinajstić information content (AvgIpc) is 2.48. The van der Waals surface area contributed by atoms with Crippen molar-refractivity contribution in [3.05, 3.63) is 34.4 Å². The third-order valence-electron chi connectivity index (χ3n) is 4.19. The van der Waals surface area contributed by atoms with Crippen LogP contribution in [0.1, 0.15) is 11.9 Å². The second kappa shape index (κ2) is 5.26. The molecule has 0 spiro atoms. The van der Waals surface area contributed by atoms with Crippen molar-refractivity contribution in [2.24, 2.45) is 0 Å². The fourth-order valence-corrected chi connectivity index (χ4v) is 2.92. The number of benzene rings is 1. The molecule has 2 unspecified atom stereocenters. The molecule has 0 bridgehead atoms. The first-order chi connectivity index (χ1) is 11.2. The van der Waals surface area contributed by atoms with Gasteiger partial charge >= 0.3 is 0 Å². The summed E-state index contributed by atoms with van der Waals surface area (Å²) in [6.07, 6.45) is 0. The molecule has 6 radical (unpaired) electrons. The number of hydrogen-bond acceptors (Lipinski definition) is 5. The van der Waals surface area contributed by atoms with Crippen LogP contribution in [0.5, 0.6) is 0 Å². The number of carbonyl (C=O) groups excluding carboxylic acids is 2. The molecule has 1 aromatic carbocycles. The molecular formula is C14H11B3N4O3. The molecule has 24 heavy (non-hydrogen) atoms. The van der Waals surface area contributed by atoms with E-state index in [1.165, 1.54) is 6.92 Å². The van der Waals surface area contributed by atoms with Gasteiger partial charge in [-0.3, -0.25) is 24.3 Å². The number of carbonyl (C=O) groups is 2. The van der Waals surface area contributed by atoms with Crippen LogP contribution in [0.4, 0.5) is 5.69 Å². The van der Waals surface area contributed by atoms with Gasteiger partial charge < -0.3 is 5.73 Å². The second-order valence-corrected chi connectivity index (χ2v) is 5.81. The summed E-state index contributed by atoms with van der Waals surface area (Å²) in [4.78, 5) is 41.2. The van der Waals surface area contributed by atoms with Crippen molar-refractivity contribution in [3.63, 3.8) is 0 Å². The highest BCUT2D eigenvalue weighted by Crippen LogP contribution is 2.45. The Morgan fingerprint density at radius 2 is 1.92 bits per heavy atom. The van der Waals surface area contributed by atoms with Gasteiger partial charge in [0.1, 0.15) is 11.9 Å². The molecule has 2 amide bonds. The standard InChI is InChI=1S/C14H11B3N4O3/c1-5-19-7-4-2-3-6(18)8(7)13(24)21(5)10-12(23)20-11(22)9(15)14(10,16)17/h2-4,9-10H,18H2,1H3,(H,20,22,23). The lowest BCUT2D eigenvalue weighted by atomic mass is 9.39. The highest BCUT2D eigenvalue weighted by atomic mass is 16.2. The monoisotopic (exact) mass is 316 g/mol. The summed E-state index contributed by atoms with van der Waals surface area (Å²) in [5.41, 5.74) is 5.86. The van der Waals surface area contributed by atoms with Crippen LogP contribution in [0.25, 0.3) is 10.9 Å². The third-order valence-corrected chi connectivity index (χ3v) is 4.19. The number of anilines is 1. The molecule has 3 rings (SSSR count). The molecule has 2 aromatic rings. The number of piperidine rings is 1. The molecule has 1 fully saturated rings. The summed E-state index contributed by atoms with van der Waals surface area (Å²) in [6.45, 7) is 1.52. The molecule has 1 aliphatic heterocycles. The molecular weight excluding hydrogens is 305 g/mol. The van der Waals surface area contributed by atoms with Crippen LogP contribution in [-0.2, 0) is 9.59 Å². The number of nitrogens with zero attached hydrogens (tertiary/aromatic N) is 2. The highest BCUT2D eigenvalue weighted by Gasteiger charge is 2.47.